The van der Waals surface area contributed by atoms with Gasteiger partial charge in [-0.15, -0.1) is 0 Å². The van der Waals surface area contributed by atoms with E-state index in [2.05, 4.69) is 77.1 Å². The molecule has 0 amide bonds. The Kier molecular flexibility index (Phi) is 5.21. The van der Waals surface area contributed by atoms with Gasteiger partial charge in [0.15, 0.2) is 0 Å². The zero-order valence-corrected chi connectivity index (χ0v) is 13.6. The molecule has 0 heterocycles. The van der Waals surface area contributed by atoms with Gasteiger partial charge >= 0.3 is 0 Å². The van der Waals surface area contributed by atoms with Gasteiger partial charge < -0.3 is 10.6 Å². The van der Waals surface area contributed by atoms with E-state index in [-0.39, 0.29) is 6.04 Å². The Bertz CT molecular complexity index is 517. The van der Waals surface area contributed by atoms with E-state index >= 15 is 0 Å². The molecule has 2 aromatic rings. The van der Waals surface area contributed by atoms with E-state index in [9.17, 15) is 0 Å². The number of hydrogen-bond acceptors (Lipinski definition) is 2. The van der Waals surface area contributed by atoms with Gasteiger partial charge in [-0.25, -0.2) is 0 Å². The highest BCUT2D eigenvalue weighted by Crippen LogP contribution is 2.32. The molecule has 2 rings (SSSR count). The summed E-state index contributed by atoms with van der Waals surface area (Å²) in [5.74, 6) is 0. The van der Waals surface area contributed by atoms with Gasteiger partial charge in [-0.05, 0) is 37.1 Å². The van der Waals surface area contributed by atoms with Crippen molar-refractivity contribution in [3.05, 3.63) is 64.1 Å². The number of aryl methyl sites for hydroxylation is 1. The maximum Gasteiger partial charge on any atom is 0.0675 e. The molecular weight excluding hydrogens is 312 g/mol. The smallest absolute Gasteiger partial charge is 0.0675 e. The quantitative estimate of drug-likeness (QED) is 0.885. The van der Waals surface area contributed by atoms with E-state index in [0.29, 0.717) is 6.54 Å². The van der Waals surface area contributed by atoms with Crippen LogP contribution in [0.25, 0.3) is 0 Å². The first kappa shape index (κ1) is 15.1. The molecule has 1 atom stereocenters. The lowest BCUT2D eigenvalue weighted by molar-refractivity contribution is 0.639. The normalized spacial score (nSPS) is 12.2. The maximum absolute atomic E-state index is 6.08. The molecule has 0 fully saturated rings. The first-order valence-electron chi connectivity index (χ1n) is 6.95. The van der Waals surface area contributed by atoms with Crippen molar-refractivity contribution in [2.75, 3.05) is 18.0 Å². The minimum atomic E-state index is 0.177. The van der Waals surface area contributed by atoms with Crippen molar-refractivity contribution in [2.24, 2.45) is 5.73 Å². The van der Waals surface area contributed by atoms with Gasteiger partial charge in [-0.1, -0.05) is 52.3 Å². The second-order valence-electron chi connectivity index (χ2n) is 4.85. The second kappa shape index (κ2) is 6.91. The Hall–Kier alpha value is -1.32. The number of halogens is 1. The predicted molar refractivity (Wildman–Crippen MR) is 90.1 cm³/mol. The van der Waals surface area contributed by atoms with E-state index in [0.717, 1.165) is 11.0 Å². The fourth-order valence-electron chi connectivity index (χ4n) is 2.61. The number of para-hydroxylation sites is 1. The largest absolute Gasteiger partial charge is 0.363 e. The molecule has 2 aromatic carbocycles. The highest BCUT2D eigenvalue weighted by molar-refractivity contribution is 9.10. The summed E-state index contributed by atoms with van der Waals surface area (Å²) < 4.78 is 1.11. The minimum Gasteiger partial charge on any atom is -0.363 e. The first-order chi connectivity index (χ1) is 9.69. The third-order valence-corrected chi connectivity index (χ3v) is 4.35. The van der Waals surface area contributed by atoms with Crippen LogP contribution in [0.4, 0.5) is 5.69 Å². The SMILES string of the molecule is CCN(c1ccccc1C)C(CN)c1ccccc1Br. The number of nitrogens with two attached hydrogens (primary N) is 1. The fourth-order valence-corrected chi connectivity index (χ4v) is 3.16. The molecular formula is C17H21BrN2. The van der Waals surface area contributed by atoms with Crippen LogP contribution in [0.2, 0.25) is 0 Å². The maximum atomic E-state index is 6.08. The predicted octanol–water partition coefficient (Wildman–Crippen LogP) is 4.28. The van der Waals surface area contributed by atoms with Crippen molar-refractivity contribution >= 4 is 21.6 Å². The monoisotopic (exact) mass is 332 g/mol. The summed E-state index contributed by atoms with van der Waals surface area (Å²) in [7, 11) is 0. The molecule has 0 aromatic heterocycles. The molecule has 1 unspecified atom stereocenters. The van der Waals surface area contributed by atoms with Crippen LogP contribution in [0.3, 0.4) is 0 Å². The molecule has 3 heteroatoms. The zero-order chi connectivity index (χ0) is 14.5. The molecule has 0 aliphatic rings. The number of benzene rings is 2. The van der Waals surface area contributed by atoms with Crippen molar-refractivity contribution in [1.82, 2.24) is 0 Å². The summed E-state index contributed by atoms with van der Waals surface area (Å²) in [6, 6.07) is 17.0. The van der Waals surface area contributed by atoms with Crippen molar-refractivity contribution in [3.8, 4) is 0 Å². The molecule has 0 saturated heterocycles. The summed E-state index contributed by atoms with van der Waals surface area (Å²) in [6.45, 7) is 5.83. The van der Waals surface area contributed by atoms with Gasteiger partial charge in [-0.3, -0.25) is 0 Å². The van der Waals surface area contributed by atoms with Gasteiger partial charge in [0.1, 0.15) is 0 Å². The average Bonchev–Trinajstić information content (AvgIpc) is 2.47. The second-order valence-corrected chi connectivity index (χ2v) is 5.70. The van der Waals surface area contributed by atoms with Crippen LogP contribution < -0.4 is 10.6 Å². The molecule has 20 heavy (non-hydrogen) atoms. The standard InChI is InChI=1S/C17H21BrN2/c1-3-20(16-11-7-4-8-13(16)2)17(12-19)14-9-5-6-10-15(14)18/h4-11,17H,3,12,19H2,1-2H3. The third kappa shape index (κ3) is 3.05. The number of rotatable bonds is 5. The molecule has 0 saturated carbocycles. The van der Waals surface area contributed by atoms with Gasteiger partial charge in [0.2, 0.25) is 0 Å². The molecule has 0 bridgehead atoms. The Morgan fingerprint density at radius 1 is 1.10 bits per heavy atom. The molecule has 0 aliphatic carbocycles. The Labute approximate surface area is 129 Å². The van der Waals surface area contributed by atoms with Gasteiger partial charge in [-0.2, -0.15) is 0 Å². The lowest BCUT2D eigenvalue weighted by Gasteiger charge is -2.34. The number of hydrogen-bond donors (Lipinski definition) is 1. The summed E-state index contributed by atoms with van der Waals surface area (Å²) in [4.78, 5) is 2.37. The van der Waals surface area contributed by atoms with Crippen LogP contribution in [0, 0.1) is 6.92 Å². The Balaban J connectivity index is 2.44. The lowest BCUT2D eigenvalue weighted by Crippen LogP contribution is -2.34. The third-order valence-electron chi connectivity index (χ3n) is 3.63. The van der Waals surface area contributed by atoms with E-state index in [4.69, 9.17) is 5.73 Å². The molecule has 0 spiro atoms. The van der Waals surface area contributed by atoms with Crippen LogP contribution >= 0.6 is 15.9 Å². The Morgan fingerprint density at radius 3 is 2.35 bits per heavy atom. The van der Waals surface area contributed by atoms with Crippen molar-refractivity contribution in [3.63, 3.8) is 0 Å². The van der Waals surface area contributed by atoms with E-state index in [1.807, 2.05) is 6.07 Å². The molecule has 2 nitrogen and oxygen atoms in total. The highest BCUT2D eigenvalue weighted by Gasteiger charge is 2.21. The number of anilines is 1. The number of likely N-dealkylation sites (N-methyl/N-ethyl adjacent to an activating group) is 1. The zero-order valence-electron chi connectivity index (χ0n) is 12.0. The number of nitrogens with zero attached hydrogens (tertiary/aromatic N) is 1. The average molecular weight is 333 g/mol. The van der Waals surface area contributed by atoms with Crippen LogP contribution in [-0.2, 0) is 0 Å². The van der Waals surface area contributed by atoms with Crippen LogP contribution in [0.15, 0.2) is 53.0 Å². The van der Waals surface area contributed by atoms with Crippen LogP contribution in [-0.4, -0.2) is 13.1 Å². The van der Waals surface area contributed by atoms with Gasteiger partial charge in [0, 0.05) is 23.2 Å². The van der Waals surface area contributed by atoms with Crippen LogP contribution in [0.1, 0.15) is 24.1 Å². The van der Waals surface area contributed by atoms with Gasteiger partial charge in [0.25, 0.3) is 0 Å². The van der Waals surface area contributed by atoms with Crippen molar-refractivity contribution in [2.45, 2.75) is 19.9 Å². The van der Waals surface area contributed by atoms with Crippen molar-refractivity contribution in [1.29, 1.82) is 0 Å². The Morgan fingerprint density at radius 2 is 1.75 bits per heavy atom. The van der Waals surface area contributed by atoms with E-state index in [1.165, 1.54) is 16.8 Å². The molecule has 2 N–H and O–H groups in total. The summed E-state index contributed by atoms with van der Waals surface area (Å²) >= 11 is 3.64. The fraction of sp³-hybridized carbons (Fsp3) is 0.294. The minimum absolute atomic E-state index is 0.177. The highest BCUT2D eigenvalue weighted by atomic mass is 79.9. The lowest BCUT2D eigenvalue weighted by atomic mass is 10.0. The van der Waals surface area contributed by atoms with Crippen molar-refractivity contribution < 1.29 is 0 Å². The molecule has 106 valence electrons. The first-order valence-corrected chi connectivity index (χ1v) is 7.75. The van der Waals surface area contributed by atoms with Crippen LogP contribution in [0.5, 0.6) is 0 Å². The van der Waals surface area contributed by atoms with E-state index in [1.54, 1.807) is 0 Å². The summed E-state index contributed by atoms with van der Waals surface area (Å²) in [5.41, 5.74) is 9.84. The molecule has 0 radical (unpaired) electrons. The van der Waals surface area contributed by atoms with E-state index < -0.39 is 0 Å². The summed E-state index contributed by atoms with van der Waals surface area (Å²) in [6.07, 6.45) is 0. The van der Waals surface area contributed by atoms with Gasteiger partial charge in [0.05, 0.1) is 6.04 Å². The summed E-state index contributed by atoms with van der Waals surface area (Å²) in [5, 5.41) is 0. The molecule has 0 aliphatic heterocycles. The topological polar surface area (TPSA) is 29.3 Å².